The van der Waals surface area contributed by atoms with E-state index in [0.29, 0.717) is 31.0 Å². The predicted molar refractivity (Wildman–Crippen MR) is 219 cm³/mol. The summed E-state index contributed by atoms with van der Waals surface area (Å²) in [5.74, 6) is 1.42. The van der Waals surface area contributed by atoms with E-state index in [2.05, 4.69) is 12.1 Å². The molecule has 0 saturated heterocycles. The predicted octanol–water partition coefficient (Wildman–Crippen LogP) is 7.04. The van der Waals surface area contributed by atoms with E-state index in [4.69, 9.17) is 4.74 Å². The molecular weight excluding hydrogens is 684 g/mol. The van der Waals surface area contributed by atoms with Crippen molar-refractivity contribution in [3.05, 3.63) is 35.9 Å². The molecule has 0 atom stereocenters. The number of hydrogen-bond acceptors (Lipinski definition) is 9. The minimum Gasteiger partial charge on any atom is -0.396 e. The van der Waals surface area contributed by atoms with Gasteiger partial charge in [-0.25, -0.2) is 0 Å². The Balaban J connectivity index is 2.95. The number of aliphatic hydroxyl groups excluding tert-OH is 8. The fourth-order valence-electron chi connectivity index (χ4n) is 7.59. The molecule has 0 bridgehead atoms. The van der Waals surface area contributed by atoms with Crippen LogP contribution in [0.4, 0.5) is 0 Å². The fourth-order valence-corrected chi connectivity index (χ4v) is 7.59. The van der Waals surface area contributed by atoms with Crippen LogP contribution in [0.2, 0.25) is 0 Å². The van der Waals surface area contributed by atoms with Crippen LogP contribution in [0, 0.1) is 39.4 Å². The van der Waals surface area contributed by atoms with Gasteiger partial charge in [-0.15, -0.1) is 0 Å². The van der Waals surface area contributed by atoms with Crippen LogP contribution in [0.5, 0.6) is 0 Å². The average molecular weight is 769 g/mol. The van der Waals surface area contributed by atoms with Gasteiger partial charge in [-0.2, -0.15) is 0 Å². The van der Waals surface area contributed by atoms with Crippen molar-refractivity contribution in [2.75, 3.05) is 59.5 Å². The van der Waals surface area contributed by atoms with Crippen LogP contribution in [0.15, 0.2) is 30.3 Å². The Morgan fingerprint density at radius 3 is 0.981 bits per heavy atom. The highest BCUT2D eigenvalue weighted by Crippen LogP contribution is 2.33. The molecule has 0 aromatic heterocycles. The highest BCUT2D eigenvalue weighted by atomic mass is 16.5. The molecule has 0 saturated carbocycles. The average Bonchev–Trinajstić information content (AvgIpc) is 3.20. The maximum atomic E-state index is 9.82. The van der Waals surface area contributed by atoms with Crippen molar-refractivity contribution in [3.63, 3.8) is 0 Å². The number of ether oxygens (including phenoxy) is 1. The summed E-state index contributed by atoms with van der Waals surface area (Å²) in [6.07, 6.45) is 17.5. The first kappa shape index (κ1) is 50.9. The largest absolute Gasteiger partial charge is 0.396 e. The first-order valence-electron chi connectivity index (χ1n) is 21.3. The summed E-state index contributed by atoms with van der Waals surface area (Å²) in [6.45, 7) is 8.81. The summed E-state index contributed by atoms with van der Waals surface area (Å²) >= 11 is 0. The number of hydrogen-bond donors (Lipinski definition) is 8. The minimum absolute atomic E-state index is 0.0273. The molecule has 8 N–H and O–H groups in total. The van der Waals surface area contributed by atoms with E-state index in [-0.39, 0.29) is 52.9 Å². The van der Waals surface area contributed by atoms with Crippen LogP contribution in [-0.2, 0) is 11.3 Å². The van der Waals surface area contributed by atoms with Crippen molar-refractivity contribution in [1.82, 2.24) is 0 Å². The van der Waals surface area contributed by atoms with E-state index in [9.17, 15) is 40.9 Å². The van der Waals surface area contributed by atoms with Crippen LogP contribution >= 0.6 is 0 Å². The van der Waals surface area contributed by atoms with Gasteiger partial charge in [0.15, 0.2) is 0 Å². The molecule has 54 heavy (non-hydrogen) atoms. The quantitative estimate of drug-likeness (QED) is 0.0357. The Labute approximate surface area is 329 Å². The van der Waals surface area contributed by atoms with Gasteiger partial charge in [0.25, 0.3) is 0 Å². The molecule has 0 fully saturated rings. The highest BCUT2D eigenvalue weighted by molar-refractivity contribution is 5.13. The fraction of sp³-hybridized carbons (Fsp3) is 0.867. The monoisotopic (exact) mass is 769 g/mol. The van der Waals surface area contributed by atoms with Gasteiger partial charge in [0.05, 0.1) is 59.5 Å². The second-order valence-corrected chi connectivity index (χ2v) is 18.5. The number of aliphatic hydroxyl groups is 8. The lowest BCUT2D eigenvalue weighted by Gasteiger charge is -2.28. The smallest absolute Gasteiger partial charge is 0.0717 e. The molecule has 1 aromatic rings. The molecule has 0 aliphatic carbocycles. The number of benzene rings is 1. The van der Waals surface area contributed by atoms with Crippen molar-refractivity contribution in [3.8, 4) is 0 Å². The SMILES string of the molecule is CC(CO)(CO)CCCC(CCCC(CCCC(CCCC(C)(CO)CO)CCCC(C)(CO)CO)COCc1ccccc1)CCCC(C)(CO)CO. The van der Waals surface area contributed by atoms with E-state index in [1.54, 1.807) is 0 Å². The Bertz CT molecular complexity index is 900. The Morgan fingerprint density at radius 2 is 0.685 bits per heavy atom. The molecule has 0 unspecified atom stereocenters. The summed E-state index contributed by atoms with van der Waals surface area (Å²) in [5, 5.41) is 78.6. The van der Waals surface area contributed by atoms with E-state index in [1.807, 2.05) is 45.9 Å². The first-order valence-corrected chi connectivity index (χ1v) is 21.3. The normalized spacial score (nSPS) is 13.2. The Morgan fingerprint density at radius 1 is 0.407 bits per heavy atom. The van der Waals surface area contributed by atoms with Crippen LogP contribution in [-0.4, -0.2) is 100 Å². The Hall–Kier alpha value is -1.14. The van der Waals surface area contributed by atoms with Gasteiger partial charge in [0.1, 0.15) is 0 Å². The highest BCUT2D eigenvalue weighted by Gasteiger charge is 2.26. The van der Waals surface area contributed by atoms with Crippen LogP contribution in [0.25, 0.3) is 0 Å². The van der Waals surface area contributed by atoms with E-state index >= 15 is 0 Å². The van der Waals surface area contributed by atoms with E-state index < -0.39 is 21.7 Å². The second kappa shape index (κ2) is 28.3. The third-order valence-corrected chi connectivity index (χ3v) is 12.5. The summed E-state index contributed by atoms with van der Waals surface area (Å²) in [6, 6.07) is 10.3. The molecule has 0 aliphatic heterocycles. The molecule has 1 rings (SSSR count). The lowest BCUT2D eigenvalue weighted by molar-refractivity contribution is 0.0562. The van der Waals surface area contributed by atoms with Crippen LogP contribution < -0.4 is 0 Å². The van der Waals surface area contributed by atoms with Crippen molar-refractivity contribution < 1.29 is 45.6 Å². The Kier molecular flexibility index (Phi) is 26.7. The van der Waals surface area contributed by atoms with Crippen molar-refractivity contribution in [2.45, 2.75) is 150 Å². The molecule has 9 nitrogen and oxygen atoms in total. The van der Waals surface area contributed by atoms with Crippen LogP contribution in [0.1, 0.15) is 149 Å². The van der Waals surface area contributed by atoms with Gasteiger partial charge in [-0.3, -0.25) is 0 Å². The minimum atomic E-state index is -0.468. The third kappa shape index (κ3) is 21.4. The van der Waals surface area contributed by atoms with E-state index in [1.165, 1.54) is 5.56 Å². The standard InChI is InChI=1S/C45H84O9/c1-42(30-46,31-47)24-10-20-38(21-11-25-43(2,32-48)33-49)16-8-18-41(29-54-28-40-14-6-5-7-15-40)19-9-17-39(22-12-26-44(3,34-50)35-51)23-13-27-45(4,36-52)37-53/h5-7,14-15,38-39,41,46-53H,8-13,16-37H2,1-4H3. The van der Waals surface area contributed by atoms with E-state index in [0.717, 1.165) is 116 Å². The third-order valence-electron chi connectivity index (χ3n) is 12.5. The molecule has 9 heteroatoms. The molecule has 0 heterocycles. The van der Waals surface area contributed by atoms with Gasteiger partial charge in [-0.05, 0) is 61.8 Å². The first-order chi connectivity index (χ1) is 25.8. The van der Waals surface area contributed by atoms with Crippen molar-refractivity contribution >= 4 is 0 Å². The van der Waals surface area contributed by atoms with Gasteiger partial charge < -0.3 is 45.6 Å². The zero-order chi connectivity index (χ0) is 40.4. The molecule has 0 amide bonds. The summed E-state index contributed by atoms with van der Waals surface area (Å²) in [4.78, 5) is 0. The molecule has 0 radical (unpaired) electrons. The molecule has 0 spiro atoms. The summed E-state index contributed by atoms with van der Waals surface area (Å²) < 4.78 is 6.32. The van der Waals surface area contributed by atoms with Gasteiger partial charge in [0.2, 0.25) is 0 Å². The lowest BCUT2D eigenvalue weighted by atomic mass is 9.80. The molecular formula is C45H84O9. The van der Waals surface area contributed by atoms with Crippen molar-refractivity contribution in [1.29, 1.82) is 0 Å². The van der Waals surface area contributed by atoms with Crippen molar-refractivity contribution in [2.24, 2.45) is 39.4 Å². The topological polar surface area (TPSA) is 171 Å². The molecule has 318 valence electrons. The summed E-state index contributed by atoms with van der Waals surface area (Å²) in [7, 11) is 0. The molecule has 1 aromatic carbocycles. The zero-order valence-corrected chi connectivity index (χ0v) is 34.9. The van der Waals surface area contributed by atoms with Gasteiger partial charge >= 0.3 is 0 Å². The summed E-state index contributed by atoms with van der Waals surface area (Å²) in [5.41, 5.74) is -0.702. The maximum Gasteiger partial charge on any atom is 0.0717 e. The number of rotatable bonds is 36. The lowest BCUT2D eigenvalue weighted by Crippen LogP contribution is -2.26. The second-order valence-electron chi connectivity index (χ2n) is 18.5. The van der Waals surface area contributed by atoms with Gasteiger partial charge in [0, 0.05) is 28.3 Å². The van der Waals surface area contributed by atoms with Crippen LogP contribution in [0.3, 0.4) is 0 Å². The molecule has 0 aliphatic rings. The maximum absolute atomic E-state index is 9.82. The van der Waals surface area contributed by atoms with Gasteiger partial charge in [-0.1, -0.05) is 135 Å². The zero-order valence-electron chi connectivity index (χ0n) is 34.9.